The minimum atomic E-state index is -0.140. The largest absolute Gasteiger partial charge is 0.341 e. The van der Waals surface area contributed by atoms with Crippen LogP contribution in [0.25, 0.3) is 43.6 Å². The molecular formula is C30H25N3O2. The molecule has 6 rings (SSSR count). The van der Waals surface area contributed by atoms with Crippen LogP contribution in [0.5, 0.6) is 0 Å². The Balaban J connectivity index is 1.41. The Kier molecular flexibility index (Phi) is 4.92. The molecule has 0 aliphatic carbocycles. The fourth-order valence-corrected chi connectivity index (χ4v) is 5.23. The van der Waals surface area contributed by atoms with Crippen molar-refractivity contribution in [2.75, 3.05) is 5.32 Å². The van der Waals surface area contributed by atoms with Crippen molar-refractivity contribution in [3.63, 3.8) is 0 Å². The van der Waals surface area contributed by atoms with E-state index in [-0.39, 0.29) is 17.9 Å². The van der Waals surface area contributed by atoms with Crippen molar-refractivity contribution in [3.8, 4) is 0 Å². The van der Waals surface area contributed by atoms with E-state index in [1.807, 2.05) is 72.2 Å². The Morgan fingerprint density at radius 2 is 1.34 bits per heavy atom. The highest BCUT2D eigenvalue weighted by atomic mass is 16.2. The Morgan fingerprint density at radius 3 is 2.11 bits per heavy atom. The van der Waals surface area contributed by atoms with Gasteiger partial charge in [0, 0.05) is 44.8 Å². The molecule has 6 aromatic rings. The van der Waals surface area contributed by atoms with Crippen molar-refractivity contribution < 1.29 is 4.79 Å². The molecule has 172 valence electrons. The lowest BCUT2D eigenvalue weighted by molar-refractivity contribution is -0.116. The summed E-state index contributed by atoms with van der Waals surface area (Å²) in [5.74, 6) is -0.140. The van der Waals surface area contributed by atoms with E-state index in [1.54, 1.807) is 0 Å². The van der Waals surface area contributed by atoms with Crippen molar-refractivity contribution in [2.45, 2.75) is 26.9 Å². The van der Waals surface area contributed by atoms with Gasteiger partial charge in [-0.25, -0.2) is 0 Å². The number of anilines is 1. The molecule has 35 heavy (non-hydrogen) atoms. The van der Waals surface area contributed by atoms with E-state index in [0.717, 1.165) is 39.7 Å². The van der Waals surface area contributed by atoms with Gasteiger partial charge in [-0.15, -0.1) is 0 Å². The maximum atomic E-state index is 13.3. The fraction of sp³-hybridized carbons (Fsp3) is 0.133. The van der Waals surface area contributed by atoms with Crippen LogP contribution in [0.15, 0.2) is 89.7 Å². The SMILES string of the molecule is CCn1c2ccccc2c2cc(NC(=O)Cn3c4ccccc4c(=O)c4cc(C)ccc43)ccc21. The van der Waals surface area contributed by atoms with Crippen LogP contribution >= 0.6 is 0 Å². The van der Waals surface area contributed by atoms with Crippen LogP contribution < -0.4 is 10.7 Å². The molecule has 0 aliphatic rings. The summed E-state index contributed by atoms with van der Waals surface area (Å²) in [4.78, 5) is 26.4. The number of amides is 1. The normalized spacial score (nSPS) is 11.6. The molecule has 5 heteroatoms. The van der Waals surface area contributed by atoms with Gasteiger partial charge >= 0.3 is 0 Å². The number of para-hydroxylation sites is 2. The molecule has 0 saturated carbocycles. The van der Waals surface area contributed by atoms with Crippen LogP contribution in [0.3, 0.4) is 0 Å². The summed E-state index contributed by atoms with van der Waals surface area (Å²) in [6.45, 7) is 5.09. The second-order valence-electron chi connectivity index (χ2n) is 8.99. The highest BCUT2D eigenvalue weighted by molar-refractivity contribution is 6.10. The topological polar surface area (TPSA) is 56.0 Å². The molecule has 0 saturated heterocycles. The number of carbonyl (C=O) groups excluding carboxylic acids is 1. The lowest BCUT2D eigenvalue weighted by atomic mass is 10.1. The third-order valence-electron chi connectivity index (χ3n) is 6.80. The Hall–Kier alpha value is -4.38. The van der Waals surface area contributed by atoms with Crippen LogP contribution in [-0.4, -0.2) is 15.0 Å². The van der Waals surface area contributed by atoms with E-state index >= 15 is 0 Å². The molecule has 0 aliphatic heterocycles. The van der Waals surface area contributed by atoms with Crippen LogP contribution in [0, 0.1) is 6.92 Å². The molecule has 1 amide bonds. The molecule has 0 atom stereocenters. The van der Waals surface area contributed by atoms with Crippen molar-refractivity contribution in [2.24, 2.45) is 0 Å². The molecule has 1 N–H and O–H groups in total. The third kappa shape index (κ3) is 3.39. The number of hydrogen-bond acceptors (Lipinski definition) is 2. The maximum Gasteiger partial charge on any atom is 0.244 e. The monoisotopic (exact) mass is 459 g/mol. The Labute approximate surface area is 202 Å². The Bertz CT molecular complexity index is 1840. The van der Waals surface area contributed by atoms with Crippen molar-refractivity contribution >= 4 is 55.2 Å². The summed E-state index contributed by atoms with van der Waals surface area (Å²) in [7, 11) is 0. The smallest absolute Gasteiger partial charge is 0.244 e. The van der Waals surface area contributed by atoms with Crippen molar-refractivity contribution in [1.82, 2.24) is 9.13 Å². The Morgan fingerprint density at radius 1 is 0.714 bits per heavy atom. The first kappa shape index (κ1) is 21.2. The van der Waals surface area contributed by atoms with Gasteiger partial charge < -0.3 is 14.5 Å². The maximum absolute atomic E-state index is 13.3. The standard InChI is InChI=1S/C30H25N3O2/c1-3-32-25-10-6-4-8-21(25)23-17-20(13-15-27(23)32)31-29(34)18-33-26-11-7-5-9-22(26)30(35)24-16-19(2)12-14-28(24)33/h4-17H,3,18H2,1-2H3,(H,31,34). The van der Waals surface area contributed by atoms with Crippen LogP contribution in [0.2, 0.25) is 0 Å². The molecule has 0 bridgehead atoms. The van der Waals surface area contributed by atoms with Gasteiger partial charge in [0.05, 0.1) is 11.0 Å². The van der Waals surface area contributed by atoms with Crippen LogP contribution in [0.1, 0.15) is 12.5 Å². The number of nitrogens with one attached hydrogen (secondary N) is 1. The van der Waals surface area contributed by atoms with Crippen LogP contribution in [0.4, 0.5) is 5.69 Å². The average Bonchev–Trinajstić information content (AvgIpc) is 3.19. The van der Waals surface area contributed by atoms with Gasteiger partial charge in [0.1, 0.15) is 6.54 Å². The van der Waals surface area contributed by atoms with E-state index in [9.17, 15) is 9.59 Å². The van der Waals surface area contributed by atoms with Gasteiger partial charge in [0.25, 0.3) is 0 Å². The van der Waals surface area contributed by atoms with Crippen LogP contribution in [-0.2, 0) is 17.9 Å². The minimum absolute atomic E-state index is 0.00581. The minimum Gasteiger partial charge on any atom is -0.341 e. The molecule has 0 radical (unpaired) electrons. The van der Waals surface area contributed by atoms with Gasteiger partial charge in [-0.05, 0) is 62.4 Å². The predicted molar refractivity (Wildman–Crippen MR) is 144 cm³/mol. The zero-order valence-corrected chi connectivity index (χ0v) is 19.7. The average molecular weight is 460 g/mol. The predicted octanol–water partition coefficient (Wildman–Crippen LogP) is 6.23. The molecule has 2 aromatic heterocycles. The van der Waals surface area contributed by atoms with Gasteiger partial charge in [0.15, 0.2) is 5.43 Å². The number of rotatable bonds is 4. The van der Waals surface area contributed by atoms with Gasteiger partial charge in [-0.1, -0.05) is 42.0 Å². The first-order valence-electron chi connectivity index (χ1n) is 11.9. The fourth-order valence-electron chi connectivity index (χ4n) is 5.23. The number of aryl methyl sites for hydroxylation is 2. The lowest BCUT2D eigenvalue weighted by Crippen LogP contribution is -2.21. The van der Waals surface area contributed by atoms with E-state index in [2.05, 4.69) is 41.1 Å². The van der Waals surface area contributed by atoms with Gasteiger partial charge in [-0.2, -0.15) is 0 Å². The van der Waals surface area contributed by atoms with Crippen molar-refractivity contribution in [1.29, 1.82) is 0 Å². The number of nitrogens with zero attached hydrogens (tertiary/aromatic N) is 2. The summed E-state index contributed by atoms with van der Waals surface area (Å²) in [5.41, 5.74) is 5.62. The molecule has 0 spiro atoms. The molecule has 4 aromatic carbocycles. The summed E-state index contributed by atoms with van der Waals surface area (Å²) in [6, 6.07) is 27.7. The molecule has 0 unspecified atom stereocenters. The quantitative estimate of drug-likeness (QED) is 0.318. The molecule has 0 fully saturated rings. The van der Waals surface area contributed by atoms with Gasteiger partial charge in [-0.3, -0.25) is 9.59 Å². The number of benzene rings is 4. The first-order chi connectivity index (χ1) is 17.0. The highest BCUT2D eigenvalue weighted by Crippen LogP contribution is 2.31. The van der Waals surface area contributed by atoms with Gasteiger partial charge in [0.2, 0.25) is 5.91 Å². The zero-order valence-electron chi connectivity index (χ0n) is 19.7. The number of carbonyl (C=O) groups is 1. The van der Waals surface area contributed by atoms with Crippen molar-refractivity contribution in [3.05, 3.63) is 101 Å². The lowest BCUT2D eigenvalue weighted by Gasteiger charge is -2.15. The number of pyridine rings is 1. The molecule has 5 nitrogen and oxygen atoms in total. The highest BCUT2D eigenvalue weighted by Gasteiger charge is 2.15. The second kappa shape index (κ2) is 8.13. The molecular weight excluding hydrogens is 434 g/mol. The van der Waals surface area contributed by atoms with E-state index in [0.29, 0.717) is 10.8 Å². The summed E-state index contributed by atoms with van der Waals surface area (Å²) in [6.07, 6.45) is 0. The second-order valence-corrected chi connectivity index (χ2v) is 8.99. The summed E-state index contributed by atoms with van der Waals surface area (Å²) in [5, 5.41) is 6.63. The number of hydrogen-bond donors (Lipinski definition) is 1. The molecule has 2 heterocycles. The first-order valence-corrected chi connectivity index (χ1v) is 11.9. The summed E-state index contributed by atoms with van der Waals surface area (Å²) >= 11 is 0. The summed E-state index contributed by atoms with van der Waals surface area (Å²) < 4.78 is 4.22. The van der Waals surface area contributed by atoms with E-state index < -0.39 is 0 Å². The third-order valence-corrected chi connectivity index (χ3v) is 6.80. The zero-order chi connectivity index (χ0) is 24.1. The van der Waals surface area contributed by atoms with E-state index in [4.69, 9.17) is 0 Å². The van der Waals surface area contributed by atoms with E-state index in [1.165, 1.54) is 10.9 Å². The number of aromatic nitrogens is 2. The number of fused-ring (bicyclic) bond motifs is 5.